The fourth-order valence-corrected chi connectivity index (χ4v) is 4.95. The van der Waals surface area contributed by atoms with Crippen LogP contribution in [-0.2, 0) is 10.5 Å². The van der Waals surface area contributed by atoms with Crippen LogP contribution in [0.2, 0.25) is 10.0 Å². The van der Waals surface area contributed by atoms with Crippen molar-refractivity contribution in [1.82, 2.24) is 14.8 Å². The molecule has 1 heterocycles. The van der Waals surface area contributed by atoms with Crippen molar-refractivity contribution in [1.29, 1.82) is 0 Å². The summed E-state index contributed by atoms with van der Waals surface area (Å²) in [7, 11) is 0. The summed E-state index contributed by atoms with van der Waals surface area (Å²) in [6.07, 6.45) is 0. The van der Waals surface area contributed by atoms with Gasteiger partial charge < -0.3 is 5.32 Å². The summed E-state index contributed by atoms with van der Waals surface area (Å²) >= 11 is 15.2. The molecule has 0 saturated carbocycles. The standard InChI is InChI=1S/C24H20Cl2N4OS2/c1-16-10-12-18(13-11-16)32-14-21-28-29-24(30(21)17-6-3-2-4-7-17)33-15-22(31)27-20-9-5-8-19(25)23(20)26/h2-13H,14-15H2,1H3,(H,27,31). The van der Waals surface area contributed by atoms with Gasteiger partial charge in [0.1, 0.15) is 5.82 Å². The fraction of sp³-hybridized carbons (Fsp3) is 0.125. The maximum absolute atomic E-state index is 12.5. The van der Waals surface area contributed by atoms with E-state index in [0.717, 1.165) is 16.4 Å². The van der Waals surface area contributed by atoms with Crippen molar-refractivity contribution >= 4 is 58.3 Å². The van der Waals surface area contributed by atoms with Crippen molar-refractivity contribution in [2.75, 3.05) is 11.1 Å². The number of carbonyl (C=O) groups excluding carboxylic acids is 1. The molecule has 0 unspecified atom stereocenters. The molecule has 0 aliphatic carbocycles. The summed E-state index contributed by atoms with van der Waals surface area (Å²) in [5, 5.41) is 12.9. The van der Waals surface area contributed by atoms with Crippen molar-refractivity contribution < 1.29 is 4.79 Å². The summed E-state index contributed by atoms with van der Waals surface area (Å²) < 4.78 is 1.99. The van der Waals surface area contributed by atoms with Gasteiger partial charge in [-0.05, 0) is 43.3 Å². The summed E-state index contributed by atoms with van der Waals surface area (Å²) in [6, 6.07) is 23.4. The molecule has 1 amide bonds. The molecule has 0 spiro atoms. The summed E-state index contributed by atoms with van der Waals surface area (Å²) in [4.78, 5) is 13.7. The molecule has 0 aliphatic heterocycles. The Morgan fingerprint density at radius 3 is 2.45 bits per heavy atom. The molecule has 3 aromatic carbocycles. The zero-order valence-electron chi connectivity index (χ0n) is 17.7. The monoisotopic (exact) mass is 514 g/mol. The highest BCUT2D eigenvalue weighted by Gasteiger charge is 2.17. The largest absolute Gasteiger partial charge is 0.324 e. The second-order valence-corrected chi connectivity index (χ2v) is 9.89. The minimum Gasteiger partial charge on any atom is -0.324 e. The second kappa shape index (κ2) is 11.1. The minimum absolute atomic E-state index is 0.152. The van der Waals surface area contributed by atoms with Crippen LogP contribution in [-0.4, -0.2) is 26.4 Å². The van der Waals surface area contributed by atoms with Gasteiger partial charge in [0.25, 0.3) is 0 Å². The average molecular weight is 515 g/mol. The topological polar surface area (TPSA) is 59.8 Å². The molecule has 0 atom stereocenters. The Balaban J connectivity index is 1.49. The van der Waals surface area contributed by atoms with Crippen LogP contribution >= 0.6 is 46.7 Å². The van der Waals surface area contributed by atoms with Crippen molar-refractivity contribution in [3.8, 4) is 5.69 Å². The number of aromatic nitrogens is 3. The van der Waals surface area contributed by atoms with Crippen LogP contribution < -0.4 is 5.32 Å². The highest BCUT2D eigenvalue weighted by atomic mass is 35.5. The third-order valence-electron chi connectivity index (χ3n) is 4.66. The Morgan fingerprint density at radius 2 is 1.70 bits per heavy atom. The van der Waals surface area contributed by atoms with E-state index in [1.165, 1.54) is 17.3 Å². The van der Waals surface area contributed by atoms with E-state index in [1.54, 1.807) is 30.0 Å². The first-order valence-electron chi connectivity index (χ1n) is 10.1. The van der Waals surface area contributed by atoms with Gasteiger partial charge in [0.05, 0.1) is 27.2 Å². The molecular weight excluding hydrogens is 495 g/mol. The Bertz CT molecular complexity index is 1250. The molecule has 0 fully saturated rings. The van der Waals surface area contributed by atoms with Crippen LogP contribution in [0.5, 0.6) is 0 Å². The highest BCUT2D eigenvalue weighted by Crippen LogP contribution is 2.30. The van der Waals surface area contributed by atoms with Gasteiger partial charge in [-0.15, -0.1) is 22.0 Å². The van der Waals surface area contributed by atoms with Crippen molar-refractivity contribution in [2.45, 2.75) is 22.7 Å². The van der Waals surface area contributed by atoms with Crippen LogP contribution in [0.4, 0.5) is 5.69 Å². The molecule has 1 N–H and O–H groups in total. The lowest BCUT2D eigenvalue weighted by Gasteiger charge is -2.11. The van der Waals surface area contributed by atoms with E-state index in [9.17, 15) is 4.79 Å². The zero-order valence-corrected chi connectivity index (χ0v) is 20.8. The molecule has 0 saturated heterocycles. The van der Waals surface area contributed by atoms with Crippen molar-refractivity contribution in [3.63, 3.8) is 0 Å². The third-order valence-corrected chi connectivity index (χ3v) is 7.42. The maximum Gasteiger partial charge on any atom is 0.234 e. The predicted octanol–water partition coefficient (Wildman–Crippen LogP) is 6.91. The molecule has 4 aromatic rings. The van der Waals surface area contributed by atoms with Crippen LogP contribution in [0.15, 0.2) is 82.8 Å². The highest BCUT2D eigenvalue weighted by molar-refractivity contribution is 7.99. The molecule has 9 heteroatoms. The second-order valence-electron chi connectivity index (χ2n) is 7.11. The molecule has 168 valence electrons. The number of aryl methyl sites for hydroxylation is 1. The van der Waals surface area contributed by atoms with E-state index in [4.69, 9.17) is 23.2 Å². The number of carbonyl (C=O) groups is 1. The van der Waals surface area contributed by atoms with Gasteiger partial charge in [-0.1, -0.05) is 76.9 Å². The zero-order chi connectivity index (χ0) is 23.2. The normalized spacial score (nSPS) is 10.9. The van der Waals surface area contributed by atoms with Gasteiger partial charge in [0.2, 0.25) is 5.91 Å². The van der Waals surface area contributed by atoms with E-state index in [-0.39, 0.29) is 11.7 Å². The molecule has 1 aromatic heterocycles. The van der Waals surface area contributed by atoms with Gasteiger partial charge in [-0.25, -0.2) is 0 Å². The number of hydrogen-bond donors (Lipinski definition) is 1. The van der Waals surface area contributed by atoms with E-state index < -0.39 is 0 Å². The molecule has 0 bridgehead atoms. The Morgan fingerprint density at radius 1 is 0.939 bits per heavy atom. The molecule has 33 heavy (non-hydrogen) atoms. The molecule has 4 rings (SSSR count). The average Bonchev–Trinajstić information content (AvgIpc) is 3.24. The lowest BCUT2D eigenvalue weighted by molar-refractivity contribution is -0.113. The lowest BCUT2D eigenvalue weighted by Crippen LogP contribution is -2.15. The first kappa shape index (κ1) is 23.7. The van der Waals surface area contributed by atoms with Crippen LogP contribution in [0.1, 0.15) is 11.4 Å². The molecule has 5 nitrogen and oxygen atoms in total. The van der Waals surface area contributed by atoms with Crippen LogP contribution in [0, 0.1) is 6.92 Å². The summed E-state index contributed by atoms with van der Waals surface area (Å²) in [5.41, 5.74) is 2.65. The van der Waals surface area contributed by atoms with E-state index in [0.29, 0.717) is 26.6 Å². The van der Waals surface area contributed by atoms with Gasteiger partial charge in [0.15, 0.2) is 5.16 Å². The van der Waals surface area contributed by atoms with E-state index >= 15 is 0 Å². The van der Waals surface area contributed by atoms with Crippen LogP contribution in [0.3, 0.4) is 0 Å². The minimum atomic E-state index is -0.206. The van der Waals surface area contributed by atoms with Crippen molar-refractivity contribution in [3.05, 3.63) is 94.2 Å². The Labute approximate surface area is 210 Å². The van der Waals surface area contributed by atoms with Crippen LogP contribution in [0.25, 0.3) is 5.69 Å². The number of amides is 1. The van der Waals surface area contributed by atoms with Gasteiger partial charge >= 0.3 is 0 Å². The molecule has 0 radical (unpaired) electrons. The van der Waals surface area contributed by atoms with E-state index in [1.807, 2.05) is 34.9 Å². The quantitative estimate of drug-likeness (QED) is 0.259. The Hall–Kier alpha value is -2.45. The number of benzene rings is 3. The van der Waals surface area contributed by atoms with Gasteiger partial charge in [-0.2, -0.15) is 0 Å². The van der Waals surface area contributed by atoms with E-state index in [2.05, 4.69) is 46.7 Å². The first-order chi connectivity index (χ1) is 16.0. The van der Waals surface area contributed by atoms with Crippen molar-refractivity contribution in [2.24, 2.45) is 0 Å². The first-order valence-corrected chi connectivity index (χ1v) is 12.8. The fourth-order valence-electron chi connectivity index (χ4n) is 3.02. The number of thioether (sulfide) groups is 2. The molecular formula is C24H20Cl2N4OS2. The van der Waals surface area contributed by atoms with Gasteiger partial charge in [0, 0.05) is 10.6 Å². The third kappa shape index (κ3) is 6.12. The Kier molecular flexibility index (Phi) is 7.98. The number of nitrogens with one attached hydrogen (secondary N) is 1. The SMILES string of the molecule is Cc1ccc(SCc2nnc(SCC(=O)Nc3cccc(Cl)c3Cl)n2-c2ccccc2)cc1. The summed E-state index contributed by atoms with van der Waals surface area (Å²) in [6.45, 7) is 2.07. The van der Waals surface area contributed by atoms with Gasteiger partial charge in [-0.3, -0.25) is 9.36 Å². The number of nitrogens with zero attached hydrogens (tertiary/aromatic N) is 3. The number of anilines is 1. The number of hydrogen-bond acceptors (Lipinski definition) is 5. The molecule has 0 aliphatic rings. The predicted molar refractivity (Wildman–Crippen MR) is 138 cm³/mol. The number of halogens is 2. The number of para-hydroxylation sites is 1. The maximum atomic E-state index is 12.5. The smallest absolute Gasteiger partial charge is 0.234 e. The lowest BCUT2D eigenvalue weighted by atomic mass is 10.2. The summed E-state index contributed by atoms with van der Waals surface area (Å²) in [5.74, 6) is 1.41. The number of rotatable bonds is 8.